The Morgan fingerprint density at radius 2 is 2.05 bits per heavy atom. The molecule has 0 aromatic heterocycles. The fraction of sp³-hybridized carbons (Fsp3) is 0.385. The van der Waals surface area contributed by atoms with Gasteiger partial charge in [0.05, 0.1) is 0 Å². The first kappa shape index (κ1) is 15.1. The highest BCUT2D eigenvalue weighted by atomic mass is 19.4. The fourth-order valence-corrected chi connectivity index (χ4v) is 2.26. The number of aliphatic carboxylic acids is 1. The lowest BCUT2D eigenvalue weighted by atomic mass is 10.1. The van der Waals surface area contributed by atoms with Gasteiger partial charge in [0, 0.05) is 12.1 Å². The molecule has 8 heteroatoms. The minimum atomic E-state index is -4.85. The maximum atomic E-state index is 12.2. The highest BCUT2D eigenvalue weighted by Gasteiger charge is 2.35. The van der Waals surface area contributed by atoms with E-state index in [0.717, 1.165) is 17.0 Å². The molecule has 1 heterocycles. The van der Waals surface area contributed by atoms with Gasteiger partial charge in [-0.25, -0.2) is 4.79 Å². The van der Waals surface area contributed by atoms with Gasteiger partial charge in [-0.1, -0.05) is 6.07 Å². The lowest BCUT2D eigenvalue weighted by Gasteiger charge is -2.21. The van der Waals surface area contributed by atoms with E-state index in [0.29, 0.717) is 12.8 Å². The Hall–Kier alpha value is -2.25. The predicted molar refractivity (Wildman–Crippen MR) is 64.8 cm³/mol. The number of ether oxygens (including phenoxy) is 1. The molecule has 1 atom stereocenters. The van der Waals surface area contributed by atoms with Gasteiger partial charge in [0.2, 0.25) is 0 Å². The normalized spacial score (nSPS) is 18.6. The summed E-state index contributed by atoms with van der Waals surface area (Å²) < 4.78 is 40.2. The van der Waals surface area contributed by atoms with Crippen molar-refractivity contribution in [3.8, 4) is 5.75 Å². The molecule has 2 rings (SSSR count). The quantitative estimate of drug-likeness (QED) is 0.930. The summed E-state index contributed by atoms with van der Waals surface area (Å²) in [5, 5.41) is 9.02. The third-order valence-electron chi connectivity index (χ3n) is 3.11. The molecule has 0 bridgehead atoms. The number of carboxylic acids is 1. The Balaban J connectivity index is 2.19. The van der Waals surface area contributed by atoms with Gasteiger partial charge in [-0.2, -0.15) is 0 Å². The summed E-state index contributed by atoms with van der Waals surface area (Å²) in [6.07, 6.45) is -3.97. The molecular weight excluding hydrogens is 291 g/mol. The van der Waals surface area contributed by atoms with Gasteiger partial charge in [-0.15, -0.1) is 13.2 Å². The van der Waals surface area contributed by atoms with E-state index in [2.05, 4.69) is 4.74 Å². The van der Waals surface area contributed by atoms with Crippen LogP contribution in [0.2, 0.25) is 0 Å². The average Bonchev–Trinajstić information content (AvgIpc) is 2.85. The topological polar surface area (TPSA) is 66.8 Å². The smallest absolute Gasteiger partial charge is 0.480 e. The maximum absolute atomic E-state index is 12.2. The number of hydrogen-bond acceptors (Lipinski definition) is 3. The average molecular weight is 303 g/mol. The van der Waals surface area contributed by atoms with Crippen molar-refractivity contribution in [1.82, 2.24) is 4.90 Å². The number of carboxylic acid groups (broad SMARTS) is 1. The highest BCUT2D eigenvalue weighted by Crippen LogP contribution is 2.25. The van der Waals surface area contributed by atoms with Crippen LogP contribution >= 0.6 is 0 Å². The Labute approximate surface area is 117 Å². The molecule has 1 fully saturated rings. The number of carbonyl (C=O) groups is 2. The number of alkyl halides is 3. The largest absolute Gasteiger partial charge is 0.573 e. The molecule has 1 amide bonds. The van der Waals surface area contributed by atoms with Crippen LogP contribution in [0.4, 0.5) is 13.2 Å². The van der Waals surface area contributed by atoms with Crippen LogP contribution in [-0.4, -0.2) is 40.8 Å². The molecule has 0 aliphatic carbocycles. The molecule has 1 N–H and O–H groups in total. The van der Waals surface area contributed by atoms with E-state index < -0.39 is 30.0 Å². The highest BCUT2D eigenvalue weighted by molar-refractivity contribution is 5.97. The molecule has 0 unspecified atom stereocenters. The van der Waals surface area contributed by atoms with E-state index >= 15 is 0 Å². The Morgan fingerprint density at radius 1 is 1.33 bits per heavy atom. The van der Waals surface area contributed by atoms with Crippen molar-refractivity contribution in [3.05, 3.63) is 29.8 Å². The van der Waals surface area contributed by atoms with E-state index in [-0.39, 0.29) is 12.1 Å². The van der Waals surface area contributed by atoms with Crippen LogP contribution in [0, 0.1) is 0 Å². The zero-order valence-corrected chi connectivity index (χ0v) is 10.8. The van der Waals surface area contributed by atoms with Gasteiger partial charge in [0.1, 0.15) is 11.8 Å². The van der Waals surface area contributed by atoms with Crippen molar-refractivity contribution in [2.75, 3.05) is 6.54 Å². The van der Waals surface area contributed by atoms with Crippen LogP contribution in [-0.2, 0) is 4.79 Å². The van der Waals surface area contributed by atoms with E-state index in [9.17, 15) is 22.8 Å². The third-order valence-corrected chi connectivity index (χ3v) is 3.11. The minimum Gasteiger partial charge on any atom is -0.480 e. The molecule has 0 spiro atoms. The second-order valence-corrected chi connectivity index (χ2v) is 4.57. The van der Waals surface area contributed by atoms with Crippen molar-refractivity contribution < 1.29 is 32.6 Å². The van der Waals surface area contributed by atoms with E-state index in [1.165, 1.54) is 12.1 Å². The number of benzene rings is 1. The predicted octanol–water partition coefficient (Wildman–Crippen LogP) is 2.27. The Bertz CT molecular complexity index is 559. The van der Waals surface area contributed by atoms with Crippen LogP contribution < -0.4 is 4.74 Å². The van der Waals surface area contributed by atoms with Gasteiger partial charge in [0.25, 0.3) is 5.91 Å². The number of nitrogens with zero attached hydrogens (tertiary/aromatic N) is 1. The van der Waals surface area contributed by atoms with Gasteiger partial charge in [0.15, 0.2) is 0 Å². The van der Waals surface area contributed by atoms with E-state index in [4.69, 9.17) is 5.11 Å². The SMILES string of the molecule is O=C(O)[C@@H]1CCCN1C(=O)c1cccc(OC(F)(F)F)c1. The van der Waals surface area contributed by atoms with Crippen LogP contribution in [0.15, 0.2) is 24.3 Å². The number of rotatable bonds is 3. The summed E-state index contributed by atoms with van der Waals surface area (Å²) in [5.74, 6) is -2.25. The number of halogens is 3. The molecule has 1 saturated heterocycles. The van der Waals surface area contributed by atoms with Crippen molar-refractivity contribution in [3.63, 3.8) is 0 Å². The molecule has 1 aromatic carbocycles. The molecule has 1 aliphatic heterocycles. The van der Waals surface area contributed by atoms with Crippen LogP contribution in [0.1, 0.15) is 23.2 Å². The van der Waals surface area contributed by atoms with Gasteiger partial charge in [-0.05, 0) is 31.0 Å². The lowest BCUT2D eigenvalue weighted by Crippen LogP contribution is -2.40. The third kappa shape index (κ3) is 3.65. The first-order valence-electron chi connectivity index (χ1n) is 6.17. The maximum Gasteiger partial charge on any atom is 0.573 e. The first-order valence-corrected chi connectivity index (χ1v) is 6.17. The molecule has 114 valence electrons. The minimum absolute atomic E-state index is 0.0371. The zero-order valence-electron chi connectivity index (χ0n) is 10.8. The molecule has 21 heavy (non-hydrogen) atoms. The molecule has 1 aromatic rings. The number of hydrogen-bond donors (Lipinski definition) is 1. The van der Waals surface area contributed by atoms with Gasteiger partial charge >= 0.3 is 12.3 Å². The first-order chi connectivity index (χ1) is 9.78. The van der Waals surface area contributed by atoms with Crippen LogP contribution in [0.5, 0.6) is 5.75 Å². The summed E-state index contributed by atoms with van der Waals surface area (Å²) in [6.45, 7) is 0.264. The lowest BCUT2D eigenvalue weighted by molar-refractivity contribution is -0.274. The summed E-state index contributed by atoms with van der Waals surface area (Å²) >= 11 is 0. The standard InChI is InChI=1S/C13H12F3NO4/c14-13(15,16)21-9-4-1-3-8(7-9)11(18)17-6-2-5-10(17)12(19)20/h1,3-4,7,10H,2,5-6H2,(H,19,20)/t10-/m0/s1. The number of carbonyl (C=O) groups excluding carboxylic acids is 1. The molecule has 0 saturated carbocycles. The Morgan fingerprint density at radius 3 is 2.67 bits per heavy atom. The van der Waals surface area contributed by atoms with Gasteiger partial charge in [-0.3, -0.25) is 4.79 Å². The molecule has 1 aliphatic rings. The molecule has 5 nitrogen and oxygen atoms in total. The summed E-state index contributed by atoms with van der Waals surface area (Å²) in [6, 6.07) is 3.66. The van der Waals surface area contributed by atoms with Crippen molar-refractivity contribution in [2.45, 2.75) is 25.2 Å². The fourth-order valence-electron chi connectivity index (χ4n) is 2.26. The van der Waals surface area contributed by atoms with Crippen LogP contribution in [0.25, 0.3) is 0 Å². The van der Waals surface area contributed by atoms with Crippen molar-refractivity contribution in [2.24, 2.45) is 0 Å². The monoisotopic (exact) mass is 303 g/mol. The number of amides is 1. The Kier molecular flexibility index (Phi) is 4.06. The molecular formula is C13H12F3NO4. The van der Waals surface area contributed by atoms with Crippen LogP contribution in [0.3, 0.4) is 0 Å². The summed E-state index contributed by atoms with van der Waals surface area (Å²) in [7, 11) is 0. The van der Waals surface area contributed by atoms with Crippen molar-refractivity contribution >= 4 is 11.9 Å². The summed E-state index contributed by atoms with van der Waals surface area (Å²) in [5.41, 5.74) is -0.0371. The van der Waals surface area contributed by atoms with E-state index in [1.807, 2.05) is 0 Å². The number of likely N-dealkylation sites (tertiary alicyclic amines) is 1. The second kappa shape index (κ2) is 5.63. The van der Waals surface area contributed by atoms with E-state index in [1.54, 1.807) is 0 Å². The second-order valence-electron chi connectivity index (χ2n) is 4.57. The van der Waals surface area contributed by atoms with Gasteiger partial charge < -0.3 is 14.7 Å². The zero-order chi connectivity index (χ0) is 15.6. The molecule has 0 radical (unpaired) electrons. The van der Waals surface area contributed by atoms with Crippen molar-refractivity contribution in [1.29, 1.82) is 0 Å². The summed E-state index contributed by atoms with van der Waals surface area (Å²) in [4.78, 5) is 24.4.